The molecule has 4 heteroatoms. The van der Waals surface area contributed by atoms with Crippen molar-refractivity contribution in [3.63, 3.8) is 0 Å². The Morgan fingerprint density at radius 1 is 0.933 bits per heavy atom. The van der Waals surface area contributed by atoms with Gasteiger partial charge in [0.15, 0.2) is 0 Å². The monoisotopic (exact) mass is 232 g/mol. The van der Waals surface area contributed by atoms with E-state index in [-0.39, 0.29) is 0 Å². The lowest BCUT2D eigenvalue weighted by atomic mass is 10.0. The van der Waals surface area contributed by atoms with Crippen LogP contribution in [0.25, 0.3) is 0 Å². The SMILES string of the molecule is CS.ON1CCC(N2CCCCC2)CC1. The maximum absolute atomic E-state index is 9.24. The Labute approximate surface area is 98.8 Å². The molecule has 1 N–H and O–H groups in total. The number of piperidine rings is 2. The number of thiol groups is 1. The van der Waals surface area contributed by atoms with Gasteiger partial charge in [-0.15, -0.1) is 0 Å². The lowest BCUT2D eigenvalue weighted by molar-refractivity contribution is -0.116. The molecule has 0 aromatic carbocycles. The van der Waals surface area contributed by atoms with Crippen LogP contribution in [0, 0.1) is 0 Å². The molecule has 2 rings (SSSR count). The fourth-order valence-corrected chi connectivity index (χ4v) is 2.50. The van der Waals surface area contributed by atoms with Gasteiger partial charge in [0.2, 0.25) is 0 Å². The number of hydroxylamine groups is 2. The molecule has 0 amide bonds. The lowest BCUT2D eigenvalue weighted by Crippen LogP contribution is -2.45. The van der Waals surface area contributed by atoms with E-state index in [0.717, 1.165) is 32.0 Å². The predicted octanol–water partition coefficient (Wildman–Crippen LogP) is 1.87. The van der Waals surface area contributed by atoms with Crippen LogP contribution in [-0.4, -0.2) is 53.6 Å². The molecule has 2 fully saturated rings. The molecule has 90 valence electrons. The van der Waals surface area contributed by atoms with E-state index < -0.39 is 0 Å². The van der Waals surface area contributed by atoms with E-state index in [1.165, 1.54) is 37.4 Å². The van der Waals surface area contributed by atoms with E-state index in [9.17, 15) is 5.21 Å². The van der Waals surface area contributed by atoms with Crippen LogP contribution in [-0.2, 0) is 0 Å². The summed E-state index contributed by atoms with van der Waals surface area (Å²) in [4.78, 5) is 2.62. The maximum atomic E-state index is 9.24. The summed E-state index contributed by atoms with van der Waals surface area (Å²) in [5, 5.41) is 10.7. The van der Waals surface area contributed by atoms with Gasteiger partial charge in [0.1, 0.15) is 0 Å². The van der Waals surface area contributed by atoms with Crippen molar-refractivity contribution in [1.82, 2.24) is 9.96 Å². The third kappa shape index (κ3) is 4.31. The molecule has 3 nitrogen and oxygen atoms in total. The van der Waals surface area contributed by atoms with Crippen LogP contribution < -0.4 is 0 Å². The van der Waals surface area contributed by atoms with Crippen molar-refractivity contribution in [3.05, 3.63) is 0 Å². The quantitative estimate of drug-likeness (QED) is 0.676. The number of hydrogen-bond donors (Lipinski definition) is 2. The van der Waals surface area contributed by atoms with Crippen molar-refractivity contribution < 1.29 is 5.21 Å². The summed E-state index contributed by atoms with van der Waals surface area (Å²) in [5.74, 6) is 0. The van der Waals surface area contributed by atoms with E-state index in [2.05, 4.69) is 17.5 Å². The second kappa shape index (κ2) is 7.49. The highest BCUT2D eigenvalue weighted by Crippen LogP contribution is 2.19. The molecular formula is C11H24N2OS. The molecule has 0 radical (unpaired) electrons. The summed E-state index contributed by atoms with van der Waals surface area (Å²) in [6, 6.07) is 0.753. The Morgan fingerprint density at radius 2 is 1.47 bits per heavy atom. The maximum Gasteiger partial charge on any atom is 0.0253 e. The summed E-state index contributed by atoms with van der Waals surface area (Å²) >= 11 is 3.53. The molecule has 2 aliphatic heterocycles. The van der Waals surface area contributed by atoms with Crippen molar-refractivity contribution in [2.75, 3.05) is 32.4 Å². The molecule has 0 spiro atoms. The number of rotatable bonds is 1. The van der Waals surface area contributed by atoms with E-state index in [1.807, 2.05) is 0 Å². The third-order valence-electron chi connectivity index (χ3n) is 3.35. The first-order chi connectivity index (χ1) is 7.36. The summed E-state index contributed by atoms with van der Waals surface area (Å²) in [5.41, 5.74) is 0. The molecule has 0 aromatic rings. The van der Waals surface area contributed by atoms with Gasteiger partial charge in [0.25, 0.3) is 0 Å². The Hall–Kier alpha value is 0.230. The van der Waals surface area contributed by atoms with Crippen molar-refractivity contribution >= 4 is 12.6 Å². The molecule has 2 aliphatic rings. The second-order valence-corrected chi connectivity index (χ2v) is 4.28. The highest BCUT2D eigenvalue weighted by molar-refractivity contribution is 7.79. The van der Waals surface area contributed by atoms with Gasteiger partial charge in [-0.2, -0.15) is 17.7 Å². The average Bonchev–Trinajstić information content (AvgIpc) is 2.34. The fourth-order valence-electron chi connectivity index (χ4n) is 2.50. The topological polar surface area (TPSA) is 26.7 Å². The average molecular weight is 232 g/mol. The van der Waals surface area contributed by atoms with Crippen molar-refractivity contribution in [3.8, 4) is 0 Å². The predicted molar refractivity (Wildman–Crippen MR) is 66.7 cm³/mol. The fraction of sp³-hybridized carbons (Fsp3) is 1.00. The Balaban J connectivity index is 0.000000531. The van der Waals surface area contributed by atoms with Gasteiger partial charge in [0.05, 0.1) is 0 Å². The molecular weight excluding hydrogens is 208 g/mol. The largest absolute Gasteiger partial charge is 0.314 e. The van der Waals surface area contributed by atoms with Gasteiger partial charge < -0.3 is 10.1 Å². The van der Waals surface area contributed by atoms with Gasteiger partial charge in [-0.1, -0.05) is 6.42 Å². The van der Waals surface area contributed by atoms with Crippen LogP contribution in [0.5, 0.6) is 0 Å². The molecule has 0 aliphatic carbocycles. The highest BCUT2D eigenvalue weighted by atomic mass is 32.1. The normalized spacial score (nSPS) is 25.8. The standard InChI is InChI=1S/C10H20N2O.CH4S/c13-12-8-4-10(5-9-12)11-6-2-1-3-7-11;1-2/h10,13H,1-9H2;2H,1H3. The van der Waals surface area contributed by atoms with Crippen LogP contribution in [0.2, 0.25) is 0 Å². The second-order valence-electron chi connectivity index (χ2n) is 4.28. The van der Waals surface area contributed by atoms with E-state index >= 15 is 0 Å². The summed E-state index contributed by atoms with van der Waals surface area (Å²) in [6.45, 7) is 4.30. The molecule has 2 saturated heterocycles. The number of likely N-dealkylation sites (tertiary alicyclic amines) is 1. The van der Waals surface area contributed by atoms with Crippen LogP contribution in [0.1, 0.15) is 32.1 Å². The van der Waals surface area contributed by atoms with Crippen LogP contribution in [0.3, 0.4) is 0 Å². The van der Waals surface area contributed by atoms with Gasteiger partial charge in [-0.3, -0.25) is 0 Å². The Kier molecular flexibility index (Phi) is 6.64. The molecule has 15 heavy (non-hydrogen) atoms. The molecule has 0 aromatic heterocycles. The first-order valence-corrected chi connectivity index (χ1v) is 6.88. The highest BCUT2D eigenvalue weighted by Gasteiger charge is 2.24. The van der Waals surface area contributed by atoms with Crippen LogP contribution in [0.15, 0.2) is 0 Å². The van der Waals surface area contributed by atoms with Crippen molar-refractivity contribution in [2.24, 2.45) is 0 Å². The van der Waals surface area contributed by atoms with Gasteiger partial charge in [-0.25, -0.2) is 0 Å². The van der Waals surface area contributed by atoms with Gasteiger partial charge >= 0.3 is 0 Å². The zero-order chi connectivity index (χ0) is 11.1. The summed E-state index contributed by atoms with van der Waals surface area (Å²) in [6.07, 6.45) is 8.15. The van der Waals surface area contributed by atoms with Gasteiger partial charge in [0, 0.05) is 19.1 Å². The molecule has 0 atom stereocenters. The van der Waals surface area contributed by atoms with Gasteiger partial charge in [-0.05, 0) is 45.0 Å². The van der Waals surface area contributed by atoms with E-state index in [1.54, 1.807) is 6.26 Å². The molecule has 0 bridgehead atoms. The molecule has 2 heterocycles. The Morgan fingerprint density at radius 3 is 2.00 bits per heavy atom. The lowest BCUT2D eigenvalue weighted by Gasteiger charge is -2.38. The third-order valence-corrected chi connectivity index (χ3v) is 3.35. The van der Waals surface area contributed by atoms with Crippen molar-refractivity contribution in [1.29, 1.82) is 0 Å². The van der Waals surface area contributed by atoms with Crippen LogP contribution >= 0.6 is 12.6 Å². The zero-order valence-electron chi connectivity index (χ0n) is 9.73. The summed E-state index contributed by atoms with van der Waals surface area (Å²) in [7, 11) is 0. The summed E-state index contributed by atoms with van der Waals surface area (Å²) < 4.78 is 0. The smallest absolute Gasteiger partial charge is 0.0253 e. The van der Waals surface area contributed by atoms with Crippen molar-refractivity contribution in [2.45, 2.75) is 38.1 Å². The van der Waals surface area contributed by atoms with E-state index in [4.69, 9.17) is 0 Å². The Bertz CT molecular complexity index is 155. The minimum absolute atomic E-state index is 0.753. The first kappa shape index (κ1) is 13.3. The first-order valence-electron chi connectivity index (χ1n) is 5.99. The number of hydrogen-bond acceptors (Lipinski definition) is 4. The molecule has 0 saturated carbocycles. The zero-order valence-corrected chi connectivity index (χ0v) is 10.6. The minimum atomic E-state index is 0.753. The molecule has 0 unspecified atom stereocenters. The number of nitrogens with zero attached hydrogens (tertiary/aromatic N) is 2. The van der Waals surface area contributed by atoms with E-state index in [0.29, 0.717) is 0 Å². The minimum Gasteiger partial charge on any atom is -0.314 e. The van der Waals surface area contributed by atoms with Crippen LogP contribution in [0.4, 0.5) is 0 Å².